The molecule has 4 nitrogen and oxygen atoms in total. The lowest BCUT2D eigenvalue weighted by Crippen LogP contribution is -2.38. The molecule has 2 unspecified atom stereocenters. The van der Waals surface area contributed by atoms with E-state index in [1.165, 1.54) is 4.57 Å². The van der Waals surface area contributed by atoms with Crippen LogP contribution in [0, 0.1) is 6.92 Å². The molecule has 0 aromatic carbocycles. The van der Waals surface area contributed by atoms with Crippen molar-refractivity contribution in [2.24, 2.45) is 0 Å². The summed E-state index contributed by atoms with van der Waals surface area (Å²) in [6.07, 6.45) is 4.88. The minimum absolute atomic E-state index is 0.0136. The van der Waals surface area contributed by atoms with E-state index in [0.717, 1.165) is 19.3 Å². The van der Waals surface area contributed by atoms with Gasteiger partial charge in [0.1, 0.15) is 5.15 Å². The Labute approximate surface area is 108 Å². The molecule has 1 aromatic rings. The third-order valence-electron chi connectivity index (χ3n) is 3.36. The summed E-state index contributed by atoms with van der Waals surface area (Å²) >= 11 is 7.58. The van der Waals surface area contributed by atoms with Crippen molar-refractivity contribution in [3.05, 3.63) is 31.6 Å². The summed E-state index contributed by atoms with van der Waals surface area (Å²) in [5, 5.41) is 0.693. The van der Waals surface area contributed by atoms with E-state index in [1.54, 1.807) is 18.7 Å². The van der Waals surface area contributed by atoms with Crippen LogP contribution < -0.4 is 11.2 Å². The number of H-pyrrole nitrogens is 1. The summed E-state index contributed by atoms with van der Waals surface area (Å²) in [5.41, 5.74) is -0.235. The normalized spacial score (nSPS) is 24.2. The largest absolute Gasteiger partial charge is 0.329 e. The highest BCUT2D eigenvalue weighted by Crippen LogP contribution is 2.34. The molecule has 94 valence electrons. The molecule has 1 saturated carbocycles. The highest BCUT2D eigenvalue weighted by molar-refractivity contribution is 7.99. The van der Waals surface area contributed by atoms with E-state index < -0.39 is 5.69 Å². The number of hydrogen-bond acceptors (Lipinski definition) is 3. The second-order valence-corrected chi connectivity index (χ2v) is 5.88. The first-order valence-electron chi connectivity index (χ1n) is 5.58. The number of aromatic nitrogens is 2. The van der Waals surface area contributed by atoms with E-state index in [-0.39, 0.29) is 16.8 Å². The van der Waals surface area contributed by atoms with Crippen molar-refractivity contribution in [1.82, 2.24) is 9.55 Å². The molecule has 1 fully saturated rings. The second kappa shape index (κ2) is 4.90. The number of nitrogens with zero attached hydrogens (tertiary/aromatic N) is 1. The van der Waals surface area contributed by atoms with E-state index in [2.05, 4.69) is 11.2 Å². The van der Waals surface area contributed by atoms with Crippen molar-refractivity contribution in [1.29, 1.82) is 0 Å². The summed E-state index contributed by atoms with van der Waals surface area (Å²) < 4.78 is 1.33. The Bertz CT molecular complexity index is 537. The van der Waals surface area contributed by atoms with Gasteiger partial charge in [-0.15, -0.1) is 0 Å². The topological polar surface area (TPSA) is 54.9 Å². The Morgan fingerprint density at radius 1 is 1.41 bits per heavy atom. The fourth-order valence-electron chi connectivity index (χ4n) is 2.31. The molecule has 0 bridgehead atoms. The van der Waals surface area contributed by atoms with Gasteiger partial charge in [-0.2, -0.15) is 11.8 Å². The Balaban J connectivity index is 2.44. The highest BCUT2D eigenvalue weighted by atomic mass is 35.5. The maximum Gasteiger partial charge on any atom is 0.329 e. The summed E-state index contributed by atoms with van der Waals surface area (Å²) in [7, 11) is 0. The molecule has 1 heterocycles. The number of thioether (sulfide) groups is 1. The molecule has 1 N–H and O–H groups in total. The first kappa shape index (κ1) is 12.8. The van der Waals surface area contributed by atoms with Crippen molar-refractivity contribution < 1.29 is 0 Å². The van der Waals surface area contributed by atoms with Crippen LogP contribution in [-0.2, 0) is 0 Å². The third kappa shape index (κ3) is 2.31. The van der Waals surface area contributed by atoms with Crippen LogP contribution in [0.25, 0.3) is 0 Å². The van der Waals surface area contributed by atoms with Crippen LogP contribution in [0.4, 0.5) is 0 Å². The Hall–Kier alpha value is -0.680. The van der Waals surface area contributed by atoms with Gasteiger partial charge in [0.2, 0.25) is 0 Å². The molecule has 1 aromatic heterocycles. The lowest BCUT2D eigenvalue weighted by molar-refractivity contribution is 0.477. The van der Waals surface area contributed by atoms with Gasteiger partial charge >= 0.3 is 5.69 Å². The summed E-state index contributed by atoms with van der Waals surface area (Å²) in [6.45, 7) is 1.64. The number of halogens is 1. The number of hydrogen-bond donors (Lipinski definition) is 1. The quantitative estimate of drug-likeness (QED) is 0.839. The predicted molar refractivity (Wildman–Crippen MR) is 71.3 cm³/mol. The van der Waals surface area contributed by atoms with Crippen molar-refractivity contribution >= 4 is 23.4 Å². The van der Waals surface area contributed by atoms with Gasteiger partial charge in [-0.25, -0.2) is 4.79 Å². The van der Waals surface area contributed by atoms with Crippen LogP contribution >= 0.6 is 23.4 Å². The number of nitrogens with one attached hydrogen (secondary N) is 1. The van der Waals surface area contributed by atoms with Crippen molar-refractivity contribution in [2.75, 3.05) is 6.26 Å². The molecule has 0 amide bonds. The second-order valence-electron chi connectivity index (χ2n) is 4.37. The van der Waals surface area contributed by atoms with Gasteiger partial charge in [-0.1, -0.05) is 11.6 Å². The lowest BCUT2D eigenvalue weighted by Gasteiger charge is -2.13. The van der Waals surface area contributed by atoms with E-state index in [4.69, 9.17) is 11.6 Å². The Morgan fingerprint density at radius 3 is 2.71 bits per heavy atom. The molecule has 2 atom stereocenters. The summed E-state index contributed by atoms with van der Waals surface area (Å²) in [6, 6.07) is 0.0136. The Morgan fingerprint density at radius 2 is 2.12 bits per heavy atom. The molecule has 2 rings (SSSR count). The smallest absolute Gasteiger partial charge is 0.297 e. The zero-order chi connectivity index (χ0) is 12.6. The highest BCUT2D eigenvalue weighted by Gasteiger charge is 2.28. The van der Waals surface area contributed by atoms with Gasteiger partial charge < -0.3 is 0 Å². The summed E-state index contributed by atoms with van der Waals surface area (Å²) in [4.78, 5) is 26.4. The minimum Gasteiger partial charge on any atom is -0.297 e. The molecular weight excluding hydrogens is 260 g/mol. The maximum absolute atomic E-state index is 12.0. The van der Waals surface area contributed by atoms with Gasteiger partial charge in [0.05, 0.1) is 0 Å². The van der Waals surface area contributed by atoms with Gasteiger partial charge in [0, 0.05) is 16.9 Å². The van der Waals surface area contributed by atoms with Crippen LogP contribution in [-0.4, -0.2) is 21.1 Å². The lowest BCUT2D eigenvalue weighted by atomic mass is 10.2. The van der Waals surface area contributed by atoms with Gasteiger partial charge in [-0.3, -0.25) is 14.3 Å². The molecule has 0 saturated heterocycles. The van der Waals surface area contributed by atoms with E-state index in [1.807, 2.05) is 0 Å². The minimum atomic E-state index is -0.391. The average molecular weight is 275 g/mol. The third-order valence-corrected chi connectivity index (χ3v) is 4.83. The molecule has 1 aliphatic rings. The molecule has 6 heteroatoms. The van der Waals surface area contributed by atoms with Gasteiger partial charge in [0.15, 0.2) is 0 Å². The molecule has 17 heavy (non-hydrogen) atoms. The standard InChI is InChI=1S/C11H15ClN2O2S/c1-6-9(12)13-11(16)14(10(6)15)7-3-4-8(5-7)17-2/h7-8H,3-5H2,1-2H3,(H,13,16). The first-order valence-corrected chi connectivity index (χ1v) is 7.25. The van der Waals surface area contributed by atoms with Crippen molar-refractivity contribution in [3.63, 3.8) is 0 Å². The summed E-state index contributed by atoms with van der Waals surface area (Å²) in [5.74, 6) is 0. The molecular formula is C11H15ClN2O2S. The predicted octanol–water partition coefficient (Wildman–Crippen LogP) is 1.96. The SMILES string of the molecule is CSC1CCC(n2c(=O)[nH]c(Cl)c(C)c2=O)C1. The first-order chi connectivity index (χ1) is 8.04. The molecule has 0 spiro atoms. The van der Waals surface area contributed by atoms with E-state index in [9.17, 15) is 9.59 Å². The zero-order valence-electron chi connectivity index (χ0n) is 9.83. The molecule has 1 aliphatic carbocycles. The van der Waals surface area contributed by atoms with Gasteiger partial charge in [0.25, 0.3) is 5.56 Å². The number of aromatic amines is 1. The zero-order valence-corrected chi connectivity index (χ0v) is 11.4. The molecule has 0 aliphatic heterocycles. The van der Waals surface area contributed by atoms with Crippen LogP contribution in [0.5, 0.6) is 0 Å². The van der Waals surface area contributed by atoms with E-state index in [0.29, 0.717) is 10.8 Å². The van der Waals surface area contributed by atoms with Crippen LogP contribution in [0.1, 0.15) is 30.9 Å². The van der Waals surface area contributed by atoms with E-state index >= 15 is 0 Å². The fourth-order valence-corrected chi connectivity index (χ4v) is 3.26. The average Bonchev–Trinajstić information content (AvgIpc) is 2.74. The van der Waals surface area contributed by atoms with Crippen molar-refractivity contribution in [2.45, 2.75) is 37.5 Å². The molecule has 0 radical (unpaired) electrons. The maximum atomic E-state index is 12.0. The van der Waals surface area contributed by atoms with Crippen LogP contribution in [0.3, 0.4) is 0 Å². The monoisotopic (exact) mass is 274 g/mol. The Kier molecular flexibility index (Phi) is 3.68. The van der Waals surface area contributed by atoms with Gasteiger partial charge in [-0.05, 0) is 32.4 Å². The number of rotatable bonds is 2. The fraction of sp³-hybridized carbons (Fsp3) is 0.636. The van der Waals surface area contributed by atoms with Crippen LogP contribution in [0.2, 0.25) is 5.15 Å². The van der Waals surface area contributed by atoms with Crippen LogP contribution in [0.15, 0.2) is 9.59 Å². The van der Waals surface area contributed by atoms with Crippen molar-refractivity contribution in [3.8, 4) is 0 Å².